The van der Waals surface area contributed by atoms with Crippen LogP contribution in [0.2, 0.25) is 0 Å². The van der Waals surface area contributed by atoms with Crippen molar-refractivity contribution < 1.29 is 14.3 Å². The first-order valence-electron chi connectivity index (χ1n) is 5.09. The average Bonchev–Trinajstić information content (AvgIpc) is 2.66. The van der Waals surface area contributed by atoms with E-state index in [0.717, 1.165) is 10.8 Å². The van der Waals surface area contributed by atoms with Crippen LogP contribution in [-0.4, -0.2) is 5.97 Å². The van der Waals surface area contributed by atoms with Crippen molar-refractivity contribution in [3.8, 4) is 0 Å². The van der Waals surface area contributed by atoms with E-state index in [4.69, 9.17) is 10.2 Å². The number of aromatic carboxylic acids is 1. The number of rotatable bonds is 1. The largest absolute Gasteiger partial charge is 0.545 e. The highest BCUT2D eigenvalue weighted by atomic mass is 16.4. The Morgan fingerprint density at radius 2 is 1.88 bits per heavy atom. The fraction of sp³-hybridized carbons (Fsp3) is 0. The van der Waals surface area contributed by atoms with Gasteiger partial charge in [-0.1, -0.05) is 18.2 Å². The zero-order valence-corrected chi connectivity index (χ0v) is 8.77. The zero-order valence-electron chi connectivity index (χ0n) is 8.77. The molecule has 0 saturated carbocycles. The minimum absolute atomic E-state index is 0.0845. The highest BCUT2D eigenvalue weighted by Gasteiger charge is 2.13. The number of hydrogen-bond donors (Lipinski definition) is 1. The minimum Gasteiger partial charge on any atom is -0.545 e. The summed E-state index contributed by atoms with van der Waals surface area (Å²) in [4.78, 5) is 11.1. The Labute approximate surface area is 96.2 Å². The van der Waals surface area contributed by atoms with Crippen LogP contribution in [-0.2, 0) is 0 Å². The standard InChI is InChI=1S/C13H9NO3/c14-9-6-5-8-7-3-1-2-4-10(7)17-12(8)11(9)13(15)16/h1-6H,14H2,(H,15,16)/p-1. The van der Waals surface area contributed by atoms with Gasteiger partial charge in [0.2, 0.25) is 0 Å². The van der Waals surface area contributed by atoms with Crippen molar-refractivity contribution in [3.63, 3.8) is 0 Å². The lowest BCUT2D eigenvalue weighted by molar-refractivity contribution is -0.254. The van der Waals surface area contributed by atoms with E-state index in [9.17, 15) is 9.90 Å². The Morgan fingerprint density at radius 3 is 2.65 bits per heavy atom. The van der Waals surface area contributed by atoms with E-state index in [-0.39, 0.29) is 16.8 Å². The molecule has 4 heteroatoms. The molecule has 1 aromatic heterocycles. The summed E-state index contributed by atoms with van der Waals surface area (Å²) in [6, 6.07) is 10.7. The van der Waals surface area contributed by atoms with Crippen LogP contribution in [0, 0.1) is 0 Å². The van der Waals surface area contributed by atoms with E-state index in [1.54, 1.807) is 18.2 Å². The number of hydrogen-bond acceptors (Lipinski definition) is 4. The third kappa shape index (κ3) is 1.27. The molecule has 0 atom stereocenters. The highest BCUT2D eigenvalue weighted by Crippen LogP contribution is 2.32. The maximum atomic E-state index is 11.1. The molecule has 0 aliphatic carbocycles. The van der Waals surface area contributed by atoms with Gasteiger partial charge in [0.1, 0.15) is 11.2 Å². The van der Waals surface area contributed by atoms with E-state index < -0.39 is 5.97 Å². The van der Waals surface area contributed by atoms with E-state index in [2.05, 4.69) is 0 Å². The number of para-hydroxylation sites is 1. The molecule has 4 nitrogen and oxygen atoms in total. The zero-order chi connectivity index (χ0) is 12.0. The number of carbonyl (C=O) groups is 1. The number of carbonyl (C=O) groups excluding carboxylic acids is 1. The number of carboxylic acids is 1. The van der Waals surface area contributed by atoms with Gasteiger partial charge in [0, 0.05) is 16.5 Å². The van der Waals surface area contributed by atoms with E-state index in [1.807, 2.05) is 18.2 Å². The highest BCUT2D eigenvalue weighted by molar-refractivity contribution is 6.13. The van der Waals surface area contributed by atoms with Crippen LogP contribution < -0.4 is 10.8 Å². The Hall–Kier alpha value is -2.49. The molecule has 3 rings (SSSR count). The van der Waals surface area contributed by atoms with Gasteiger partial charge in [-0.3, -0.25) is 0 Å². The molecule has 0 bridgehead atoms. The van der Waals surface area contributed by atoms with Crippen LogP contribution in [0.5, 0.6) is 0 Å². The maximum Gasteiger partial charge on any atom is 0.146 e. The molecule has 0 amide bonds. The van der Waals surface area contributed by atoms with Gasteiger partial charge >= 0.3 is 0 Å². The molecule has 2 aromatic carbocycles. The normalized spacial score (nSPS) is 11.1. The monoisotopic (exact) mass is 226 g/mol. The van der Waals surface area contributed by atoms with Gasteiger partial charge in [0.05, 0.1) is 11.5 Å². The van der Waals surface area contributed by atoms with Crippen molar-refractivity contribution in [1.29, 1.82) is 0 Å². The van der Waals surface area contributed by atoms with Crippen LogP contribution >= 0.6 is 0 Å². The molecule has 3 aromatic rings. The topological polar surface area (TPSA) is 79.3 Å². The van der Waals surface area contributed by atoms with Crippen molar-refractivity contribution in [2.75, 3.05) is 5.73 Å². The van der Waals surface area contributed by atoms with Crippen LogP contribution in [0.4, 0.5) is 5.69 Å². The molecule has 0 aliphatic rings. The fourth-order valence-corrected chi connectivity index (χ4v) is 2.01. The van der Waals surface area contributed by atoms with Crippen LogP contribution in [0.3, 0.4) is 0 Å². The molecule has 0 radical (unpaired) electrons. The van der Waals surface area contributed by atoms with Crippen LogP contribution in [0.1, 0.15) is 10.4 Å². The summed E-state index contributed by atoms with van der Waals surface area (Å²) in [5.41, 5.74) is 6.60. The van der Waals surface area contributed by atoms with Gasteiger partial charge < -0.3 is 20.1 Å². The van der Waals surface area contributed by atoms with E-state index >= 15 is 0 Å². The van der Waals surface area contributed by atoms with Crippen LogP contribution in [0.25, 0.3) is 21.9 Å². The molecule has 0 spiro atoms. The predicted octanol–water partition coefficient (Wildman–Crippen LogP) is 1.53. The molecule has 84 valence electrons. The molecule has 0 fully saturated rings. The molecule has 1 heterocycles. The fourth-order valence-electron chi connectivity index (χ4n) is 2.01. The van der Waals surface area contributed by atoms with Crippen molar-refractivity contribution in [3.05, 3.63) is 42.0 Å². The van der Waals surface area contributed by atoms with Crippen LogP contribution in [0.15, 0.2) is 40.8 Å². The predicted molar refractivity (Wildman–Crippen MR) is 62.5 cm³/mol. The summed E-state index contributed by atoms with van der Waals surface area (Å²) >= 11 is 0. The lowest BCUT2D eigenvalue weighted by atomic mass is 10.1. The van der Waals surface area contributed by atoms with E-state index in [0.29, 0.717) is 5.58 Å². The van der Waals surface area contributed by atoms with Gasteiger partial charge in [-0.2, -0.15) is 0 Å². The quantitative estimate of drug-likeness (QED) is 0.638. The average molecular weight is 226 g/mol. The Morgan fingerprint density at radius 1 is 1.12 bits per heavy atom. The van der Waals surface area contributed by atoms with Crippen molar-refractivity contribution in [2.24, 2.45) is 0 Å². The lowest BCUT2D eigenvalue weighted by Crippen LogP contribution is -2.23. The Kier molecular flexibility index (Phi) is 1.86. The molecule has 0 aliphatic heterocycles. The first-order valence-corrected chi connectivity index (χ1v) is 5.09. The van der Waals surface area contributed by atoms with Gasteiger partial charge in [-0.05, 0) is 18.2 Å². The molecule has 0 unspecified atom stereocenters. The summed E-state index contributed by atoms with van der Waals surface area (Å²) in [6.07, 6.45) is 0. The summed E-state index contributed by atoms with van der Waals surface area (Å²) in [6.45, 7) is 0. The third-order valence-electron chi connectivity index (χ3n) is 2.78. The summed E-state index contributed by atoms with van der Waals surface area (Å²) in [5.74, 6) is -1.33. The Balaban J connectivity index is 2.56. The van der Waals surface area contributed by atoms with Crippen molar-refractivity contribution in [2.45, 2.75) is 0 Å². The second-order valence-corrected chi connectivity index (χ2v) is 3.79. The SMILES string of the molecule is Nc1ccc2c(oc3ccccc32)c1C(=O)[O-]. The number of carboxylic acid groups (broad SMARTS) is 1. The summed E-state index contributed by atoms with van der Waals surface area (Å²) < 4.78 is 5.52. The number of benzene rings is 2. The molecular weight excluding hydrogens is 218 g/mol. The summed E-state index contributed by atoms with van der Waals surface area (Å²) in [7, 11) is 0. The van der Waals surface area contributed by atoms with Gasteiger partial charge in [0.25, 0.3) is 0 Å². The van der Waals surface area contributed by atoms with Gasteiger partial charge in [-0.25, -0.2) is 0 Å². The van der Waals surface area contributed by atoms with Crippen molar-refractivity contribution >= 4 is 33.6 Å². The maximum absolute atomic E-state index is 11.1. The number of fused-ring (bicyclic) bond motifs is 3. The Bertz CT molecular complexity index is 743. The van der Waals surface area contributed by atoms with Gasteiger partial charge in [0.15, 0.2) is 0 Å². The lowest BCUT2D eigenvalue weighted by Gasteiger charge is -2.06. The van der Waals surface area contributed by atoms with E-state index in [1.165, 1.54) is 0 Å². The third-order valence-corrected chi connectivity index (χ3v) is 2.78. The summed E-state index contributed by atoms with van der Waals surface area (Å²) in [5, 5.41) is 12.7. The first kappa shape index (κ1) is 9.72. The molecule has 2 N–H and O–H groups in total. The number of furan rings is 1. The second kappa shape index (κ2) is 3.25. The smallest absolute Gasteiger partial charge is 0.146 e. The first-order chi connectivity index (χ1) is 8.18. The second-order valence-electron chi connectivity index (χ2n) is 3.79. The number of nitrogen functional groups attached to an aromatic ring is 1. The molecule has 17 heavy (non-hydrogen) atoms. The molecule has 0 saturated heterocycles. The number of anilines is 1. The molecular formula is C13H8NO3-. The number of nitrogens with two attached hydrogens (primary N) is 1. The van der Waals surface area contributed by atoms with Crippen molar-refractivity contribution in [1.82, 2.24) is 0 Å². The minimum atomic E-state index is -1.33. The van der Waals surface area contributed by atoms with Gasteiger partial charge in [-0.15, -0.1) is 0 Å².